The van der Waals surface area contributed by atoms with Crippen molar-refractivity contribution < 1.29 is 4.79 Å². The van der Waals surface area contributed by atoms with Crippen molar-refractivity contribution in [3.8, 4) is 0 Å². The van der Waals surface area contributed by atoms with Gasteiger partial charge in [-0.05, 0) is 24.1 Å². The second-order valence-corrected chi connectivity index (χ2v) is 2.74. The van der Waals surface area contributed by atoms with Crippen LogP contribution < -0.4 is 5.32 Å². The van der Waals surface area contributed by atoms with Crippen LogP contribution in [-0.2, 0) is 6.42 Å². The first-order valence-electron chi connectivity index (χ1n) is 3.65. The zero-order valence-electron chi connectivity index (χ0n) is 6.53. The van der Waals surface area contributed by atoms with Crippen LogP contribution in [0.4, 0.5) is 4.79 Å². The first kappa shape index (κ1) is 9.06. The number of hydrogen-bond acceptors (Lipinski definition) is 2. The molecule has 4 heteroatoms. The molecule has 64 valence electrons. The number of nitrogens with one attached hydrogen (secondary N) is 1. The Morgan fingerprint density at radius 2 is 2.17 bits per heavy atom. The molecule has 1 rings (SSSR count). The molecule has 1 N–H and O–H groups in total. The molecule has 0 spiro atoms. The minimum absolute atomic E-state index is 0.288. The highest BCUT2D eigenvalue weighted by atomic mass is 32.1. The summed E-state index contributed by atoms with van der Waals surface area (Å²) in [5, 5.41) is 2.31. The monoisotopic (exact) mass is 182 g/mol. The van der Waals surface area contributed by atoms with Crippen molar-refractivity contribution in [2.75, 3.05) is 6.54 Å². The van der Waals surface area contributed by atoms with Gasteiger partial charge in [0.15, 0.2) is 0 Å². The molecule has 0 aliphatic carbocycles. The van der Waals surface area contributed by atoms with E-state index in [1.165, 1.54) is 0 Å². The lowest BCUT2D eigenvalue weighted by molar-refractivity contribution is 0.261. The van der Waals surface area contributed by atoms with Crippen LogP contribution in [0.15, 0.2) is 24.5 Å². The van der Waals surface area contributed by atoms with Gasteiger partial charge in [-0.25, -0.2) is 0 Å². The maximum atomic E-state index is 10.4. The Balaban J connectivity index is 2.29. The van der Waals surface area contributed by atoms with Crippen LogP contribution in [0.5, 0.6) is 0 Å². The summed E-state index contributed by atoms with van der Waals surface area (Å²) < 4.78 is 0. The average Bonchev–Trinajstić information content (AvgIpc) is 2.05. The lowest BCUT2D eigenvalue weighted by atomic mass is 10.2. The van der Waals surface area contributed by atoms with Crippen LogP contribution in [0.1, 0.15) is 5.56 Å². The summed E-state index contributed by atoms with van der Waals surface area (Å²) >= 11 is 3.58. The first-order chi connectivity index (χ1) is 5.79. The van der Waals surface area contributed by atoms with Crippen molar-refractivity contribution >= 4 is 17.9 Å². The Labute approximate surface area is 76.6 Å². The SMILES string of the molecule is O=C(S)NCCc1ccncc1. The van der Waals surface area contributed by atoms with Crippen LogP contribution in [0, 0.1) is 0 Å². The third-order valence-electron chi connectivity index (χ3n) is 1.44. The normalized spacial score (nSPS) is 9.42. The van der Waals surface area contributed by atoms with E-state index in [1.807, 2.05) is 12.1 Å². The second kappa shape index (κ2) is 4.77. The number of rotatable bonds is 3. The van der Waals surface area contributed by atoms with Crippen molar-refractivity contribution in [1.82, 2.24) is 10.3 Å². The molecule has 0 atom stereocenters. The van der Waals surface area contributed by atoms with Gasteiger partial charge in [-0.2, -0.15) is 0 Å². The zero-order valence-corrected chi connectivity index (χ0v) is 7.42. The summed E-state index contributed by atoms with van der Waals surface area (Å²) in [6.45, 7) is 0.617. The molecule has 12 heavy (non-hydrogen) atoms. The van der Waals surface area contributed by atoms with E-state index < -0.39 is 0 Å². The Hall–Kier alpha value is -1.03. The number of nitrogens with zero attached hydrogens (tertiary/aromatic N) is 1. The lowest BCUT2D eigenvalue weighted by Crippen LogP contribution is -2.19. The Bertz CT molecular complexity index is 250. The van der Waals surface area contributed by atoms with E-state index in [-0.39, 0.29) is 5.24 Å². The average molecular weight is 182 g/mol. The standard InChI is InChI=1S/C8H10N2OS/c11-8(12)10-6-3-7-1-4-9-5-2-7/h1-2,4-5H,3,6H2,(H2,10,11,12). The molecule has 0 fully saturated rings. The van der Waals surface area contributed by atoms with Gasteiger partial charge < -0.3 is 5.32 Å². The predicted octanol–water partition coefficient (Wildman–Crippen LogP) is 1.26. The molecule has 0 saturated heterocycles. The van der Waals surface area contributed by atoms with Crippen LogP contribution >= 0.6 is 12.6 Å². The van der Waals surface area contributed by atoms with Crippen molar-refractivity contribution in [2.24, 2.45) is 0 Å². The summed E-state index contributed by atoms with van der Waals surface area (Å²) in [4.78, 5) is 14.3. The highest BCUT2D eigenvalue weighted by molar-refractivity contribution is 7.96. The lowest BCUT2D eigenvalue weighted by Gasteiger charge is -2.00. The predicted molar refractivity (Wildman–Crippen MR) is 50.3 cm³/mol. The maximum absolute atomic E-state index is 10.4. The second-order valence-electron chi connectivity index (χ2n) is 2.34. The van der Waals surface area contributed by atoms with Crippen molar-refractivity contribution in [3.63, 3.8) is 0 Å². The molecule has 0 aromatic carbocycles. The van der Waals surface area contributed by atoms with E-state index in [4.69, 9.17) is 0 Å². The molecular weight excluding hydrogens is 172 g/mol. The molecule has 0 bridgehead atoms. The van der Waals surface area contributed by atoms with E-state index in [0.29, 0.717) is 6.54 Å². The number of carbonyl (C=O) groups is 1. The Morgan fingerprint density at radius 3 is 2.75 bits per heavy atom. The molecule has 1 amide bonds. The van der Waals surface area contributed by atoms with Gasteiger partial charge in [0.2, 0.25) is 0 Å². The number of carbonyl (C=O) groups excluding carboxylic acids is 1. The molecule has 0 unspecified atom stereocenters. The summed E-state index contributed by atoms with van der Waals surface area (Å²) in [5.41, 5.74) is 1.16. The quantitative estimate of drug-likeness (QED) is 0.691. The molecule has 3 nitrogen and oxygen atoms in total. The molecule has 0 aliphatic rings. The van der Waals surface area contributed by atoms with Crippen molar-refractivity contribution in [3.05, 3.63) is 30.1 Å². The molecule has 1 aromatic rings. The van der Waals surface area contributed by atoms with Crippen LogP contribution in [-0.4, -0.2) is 16.8 Å². The largest absolute Gasteiger partial charge is 0.347 e. The van der Waals surface area contributed by atoms with Crippen LogP contribution in [0.2, 0.25) is 0 Å². The third kappa shape index (κ3) is 3.39. The topological polar surface area (TPSA) is 42.0 Å². The van der Waals surface area contributed by atoms with Gasteiger partial charge in [0.25, 0.3) is 5.24 Å². The van der Waals surface area contributed by atoms with Gasteiger partial charge >= 0.3 is 0 Å². The highest BCUT2D eigenvalue weighted by Crippen LogP contribution is 1.95. The Kier molecular flexibility index (Phi) is 3.60. The van der Waals surface area contributed by atoms with Gasteiger partial charge in [0.1, 0.15) is 0 Å². The van der Waals surface area contributed by atoms with Gasteiger partial charge in [-0.3, -0.25) is 9.78 Å². The molecule has 0 radical (unpaired) electrons. The fourth-order valence-corrected chi connectivity index (χ4v) is 0.975. The van der Waals surface area contributed by atoms with Crippen molar-refractivity contribution in [1.29, 1.82) is 0 Å². The third-order valence-corrected chi connectivity index (χ3v) is 1.60. The number of aromatic nitrogens is 1. The summed E-state index contributed by atoms with van der Waals surface area (Å²) in [7, 11) is 0. The number of pyridine rings is 1. The van der Waals surface area contributed by atoms with E-state index >= 15 is 0 Å². The van der Waals surface area contributed by atoms with E-state index in [0.717, 1.165) is 12.0 Å². The minimum atomic E-state index is -0.288. The zero-order chi connectivity index (χ0) is 8.81. The summed E-state index contributed by atoms with van der Waals surface area (Å²) in [6, 6.07) is 3.84. The first-order valence-corrected chi connectivity index (χ1v) is 4.09. The van der Waals surface area contributed by atoms with E-state index in [9.17, 15) is 4.79 Å². The number of thiol groups is 1. The fraction of sp³-hybridized carbons (Fsp3) is 0.250. The van der Waals surface area contributed by atoms with E-state index in [2.05, 4.69) is 22.9 Å². The molecule has 1 aromatic heterocycles. The molecule has 0 saturated carbocycles. The minimum Gasteiger partial charge on any atom is -0.347 e. The number of amides is 1. The van der Waals surface area contributed by atoms with Gasteiger partial charge in [-0.15, -0.1) is 0 Å². The van der Waals surface area contributed by atoms with Crippen molar-refractivity contribution in [2.45, 2.75) is 6.42 Å². The Morgan fingerprint density at radius 1 is 1.50 bits per heavy atom. The number of hydrogen-bond donors (Lipinski definition) is 2. The van der Waals surface area contributed by atoms with Gasteiger partial charge in [0, 0.05) is 18.9 Å². The van der Waals surface area contributed by atoms with Crippen LogP contribution in [0.25, 0.3) is 0 Å². The summed E-state index contributed by atoms with van der Waals surface area (Å²) in [5.74, 6) is 0. The molecular formula is C8H10N2OS. The highest BCUT2D eigenvalue weighted by Gasteiger charge is 1.92. The van der Waals surface area contributed by atoms with Gasteiger partial charge in [-0.1, -0.05) is 12.6 Å². The maximum Gasteiger partial charge on any atom is 0.275 e. The van der Waals surface area contributed by atoms with Gasteiger partial charge in [0.05, 0.1) is 0 Å². The molecule has 0 aliphatic heterocycles. The smallest absolute Gasteiger partial charge is 0.275 e. The van der Waals surface area contributed by atoms with Crippen LogP contribution in [0.3, 0.4) is 0 Å². The fourth-order valence-electron chi connectivity index (χ4n) is 0.863. The molecule has 1 heterocycles. The summed E-state index contributed by atoms with van der Waals surface area (Å²) in [6.07, 6.45) is 4.28. The van der Waals surface area contributed by atoms with E-state index in [1.54, 1.807) is 12.4 Å².